The molecule has 0 radical (unpaired) electrons. The fraction of sp³-hybridized carbons (Fsp3) is 0.125. The molecule has 0 atom stereocenters. The van der Waals surface area contributed by atoms with Crippen LogP contribution < -0.4 is 5.32 Å². The molecular formula is C8H5F4NO2. The fourth-order valence-corrected chi connectivity index (χ4v) is 1.03. The number of carbonyl (C=O) groups is 1. The van der Waals surface area contributed by atoms with Gasteiger partial charge in [-0.2, -0.15) is 13.2 Å². The fourth-order valence-electron chi connectivity index (χ4n) is 1.03. The minimum atomic E-state index is -4.94. The molecule has 15 heavy (non-hydrogen) atoms. The number of rotatable bonds is 1. The van der Waals surface area contributed by atoms with Crippen molar-refractivity contribution in [3.8, 4) is 0 Å². The van der Waals surface area contributed by atoms with Crippen LogP contribution in [-0.4, -0.2) is 11.2 Å². The molecule has 0 heterocycles. The average molecular weight is 223 g/mol. The van der Waals surface area contributed by atoms with Gasteiger partial charge in [0.15, 0.2) is 0 Å². The molecule has 1 aromatic rings. The Hall–Kier alpha value is -1.79. The first kappa shape index (κ1) is 11.3. The third-order valence-corrected chi connectivity index (χ3v) is 1.54. The molecule has 1 amide bonds. The maximum atomic E-state index is 12.8. The Bertz CT molecular complexity index is 389. The normalized spacial score (nSPS) is 11.2. The van der Waals surface area contributed by atoms with Crippen molar-refractivity contribution in [1.29, 1.82) is 0 Å². The molecule has 0 spiro atoms. The van der Waals surface area contributed by atoms with Crippen LogP contribution in [0.2, 0.25) is 0 Å². The highest BCUT2D eigenvalue weighted by Crippen LogP contribution is 2.36. The third-order valence-electron chi connectivity index (χ3n) is 1.54. The molecule has 82 valence electrons. The van der Waals surface area contributed by atoms with Crippen molar-refractivity contribution >= 4 is 11.8 Å². The zero-order valence-electron chi connectivity index (χ0n) is 7.10. The molecule has 7 heteroatoms. The van der Waals surface area contributed by atoms with Crippen LogP contribution in [-0.2, 0) is 6.18 Å². The standard InChI is InChI=1S/C8H5F4NO2/c9-4-2-1-3-5(13-7(14)15)6(4)8(10,11)12/h1-3,13H,(H,14,15). The Balaban J connectivity index is 3.27. The number of hydrogen-bond acceptors (Lipinski definition) is 1. The van der Waals surface area contributed by atoms with Crippen LogP contribution in [0, 0.1) is 5.82 Å². The summed E-state index contributed by atoms with van der Waals surface area (Å²) in [5.41, 5.74) is -2.44. The third kappa shape index (κ3) is 2.58. The molecule has 2 N–H and O–H groups in total. The van der Waals surface area contributed by atoms with Crippen molar-refractivity contribution in [2.75, 3.05) is 5.32 Å². The number of halogens is 4. The van der Waals surface area contributed by atoms with Gasteiger partial charge in [-0.1, -0.05) is 6.07 Å². The zero-order valence-corrected chi connectivity index (χ0v) is 7.10. The van der Waals surface area contributed by atoms with Gasteiger partial charge in [-0.15, -0.1) is 0 Å². The summed E-state index contributed by atoms with van der Waals surface area (Å²) in [6.07, 6.45) is -6.63. The maximum Gasteiger partial charge on any atom is 0.421 e. The predicted octanol–water partition coefficient (Wildman–Crippen LogP) is 2.93. The first-order chi connectivity index (χ1) is 6.82. The highest BCUT2D eigenvalue weighted by atomic mass is 19.4. The summed E-state index contributed by atoms with van der Waals surface area (Å²) in [6, 6.07) is 2.42. The Labute approximate surface area is 81.3 Å². The van der Waals surface area contributed by atoms with Crippen molar-refractivity contribution in [1.82, 2.24) is 0 Å². The Kier molecular flexibility index (Phi) is 2.83. The molecular weight excluding hydrogens is 218 g/mol. The zero-order chi connectivity index (χ0) is 11.6. The molecule has 0 fully saturated rings. The highest BCUT2D eigenvalue weighted by molar-refractivity contribution is 5.84. The molecule has 0 aliphatic carbocycles. The number of alkyl halides is 3. The number of hydrogen-bond donors (Lipinski definition) is 2. The summed E-state index contributed by atoms with van der Waals surface area (Å²) in [6.45, 7) is 0. The summed E-state index contributed by atoms with van der Waals surface area (Å²) < 4.78 is 49.7. The number of benzene rings is 1. The monoisotopic (exact) mass is 223 g/mol. The van der Waals surface area contributed by atoms with Gasteiger partial charge in [0, 0.05) is 0 Å². The van der Waals surface area contributed by atoms with Gasteiger partial charge in [-0.3, -0.25) is 5.32 Å². The van der Waals surface area contributed by atoms with Crippen LogP contribution >= 0.6 is 0 Å². The van der Waals surface area contributed by atoms with Gasteiger partial charge in [-0.25, -0.2) is 9.18 Å². The average Bonchev–Trinajstić information content (AvgIpc) is 1.99. The van der Waals surface area contributed by atoms with Crippen LogP contribution in [0.15, 0.2) is 18.2 Å². The Morgan fingerprint density at radius 1 is 1.33 bits per heavy atom. The maximum absolute atomic E-state index is 12.8. The molecule has 0 aliphatic heterocycles. The molecule has 0 saturated heterocycles. The van der Waals surface area contributed by atoms with E-state index in [-0.39, 0.29) is 0 Å². The van der Waals surface area contributed by atoms with Crippen molar-refractivity contribution < 1.29 is 27.5 Å². The number of nitrogens with one attached hydrogen (secondary N) is 1. The first-order valence-electron chi connectivity index (χ1n) is 3.68. The lowest BCUT2D eigenvalue weighted by Gasteiger charge is -2.12. The highest BCUT2D eigenvalue weighted by Gasteiger charge is 2.37. The predicted molar refractivity (Wildman–Crippen MR) is 43.0 cm³/mol. The Morgan fingerprint density at radius 3 is 2.40 bits per heavy atom. The van der Waals surface area contributed by atoms with E-state index >= 15 is 0 Å². The van der Waals surface area contributed by atoms with Gasteiger partial charge in [-0.05, 0) is 12.1 Å². The first-order valence-corrected chi connectivity index (χ1v) is 3.68. The lowest BCUT2D eigenvalue weighted by molar-refractivity contribution is -0.139. The largest absolute Gasteiger partial charge is 0.465 e. The second-order valence-electron chi connectivity index (χ2n) is 2.59. The van der Waals surface area contributed by atoms with Crippen LogP contribution in [0.1, 0.15) is 5.56 Å². The van der Waals surface area contributed by atoms with Crippen molar-refractivity contribution in [2.24, 2.45) is 0 Å². The van der Waals surface area contributed by atoms with Gasteiger partial charge in [0.05, 0.1) is 5.69 Å². The lowest BCUT2D eigenvalue weighted by Crippen LogP contribution is -2.16. The van der Waals surface area contributed by atoms with Crippen molar-refractivity contribution in [3.63, 3.8) is 0 Å². The van der Waals surface area contributed by atoms with E-state index in [4.69, 9.17) is 5.11 Å². The van der Waals surface area contributed by atoms with E-state index < -0.39 is 29.3 Å². The van der Waals surface area contributed by atoms with Crippen LogP contribution in [0.4, 0.5) is 28.0 Å². The molecule has 1 rings (SSSR count). The summed E-state index contributed by atoms with van der Waals surface area (Å²) >= 11 is 0. The second-order valence-corrected chi connectivity index (χ2v) is 2.59. The van der Waals surface area contributed by atoms with Crippen LogP contribution in [0.3, 0.4) is 0 Å². The molecule has 0 aromatic heterocycles. The van der Waals surface area contributed by atoms with Crippen molar-refractivity contribution in [3.05, 3.63) is 29.6 Å². The topological polar surface area (TPSA) is 49.3 Å². The molecule has 1 aromatic carbocycles. The van der Waals surface area contributed by atoms with E-state index in [2.05, 4.69) is 0 Å². The van der Waals surface area contributed by atoms with E-state index in [1.54, 1.807) is 0 Å². The van der Waals surface area contributed by atoms with Gasteiger partial charge in [0.2, 0.25) is 0 Å². The summed E-state index contributed by atoms with van der Waals surface area (Å²) in [5.74, 6) is -1.52. The van der Waals surface area contributed by atoms with Crippen molar-refractivity contribution in [2.45, 2.75) is 6.18 Å². The number of amides is 1. The molecule has 0 unspecified atom stereocenters. The van der Waals surface area contributed by atoms with Crippen LogP contribution in [0.5, 0.6) is 0 Å². The van der Waals surface area contributed by atoms with E-state index in [1.165, 1.54) is 5.32 Å². The SMILES string of the molecule is O=C(O)Nc1cccc(F)c1C(F)(F)F. The lowest BCUT2D eigenvalue weighted by atomic mass is 10.1. The van der Waals surface area contributed by atoms with Gasteiger partial charge in [0.25, 0.3) is 0 Å². The summed E-state index contributed by atoms with van der Waals surface area (Å²) in [4.78, 5) is 10.2. The molecule has 0 bridgehead atoms. The minimum Gasteiger partial charge on any atom is -0.465 e. The van der Waals surface area contributed by atoms with E-state index in [0.717, 1.165) is 12.1 Å². The molecule has 0 saturated carbocycles. The minimum absolute atomic E-state index is 0.607. The quantitative estimate of drug-likeness (QED) is 0.719. The number of anilines is 1. The van der Waals surface area contributed by atoms with E-state index in [9.17, 15) is 22.4 Å². The van der Waals surface area contributed by atoms with Gasteiger partial charge in [0.1, 0.15) is 11.4 Å². The molecule has 0 aliphatic rings. The Morgan fingerprint density at radius 2 is 1.93 bits per heavy atom. The second kappa shape index (κ2) is 3.76. The molecule has 3 nitrogen and oxygen atoms in total. The number of carboxylic acid groups (broad SMARTS) is 1. The van der Waals surface area contributed by atoms with E-state index in [1.807, 2.05) is 0 Å². The van der Waals surface area contributed by atoms with Crippen LogP contribution in [0.25, 0.3) is 0 Å². The van der Waals surface area contributed by atoms with Gasteiger partial charge >= 0.3 is 12.3 Å². The van der Waals surface area contributed by atoms with E-state index in [0.29, 0.717) is 6.07 Å². The summed E-state index contributed by atoms with van der Waals surface area (Å²) in [7, 11) is 0. The smallest absolute Gasteiger partial charge is 0.421 e. The van der Waals surface area contributed by atoms with Gasteiger partial charge < -0.3 is 5.11 Å². The summed E-state index contributed by atoms with van der Waals surface area (Å²) in [5, 5.41) is 9.72.